The molecule has 274 valence electrons. The number of carbonyl (C=O) groups is 3. The van der Waals surface area contributed by atoms with Gasteiger partial charge in [0.1, 0.15) is 6.10 Å². The number of aliphatic hydroxyl groups is 4. The molecule has 10 atom stereocenters. The van der Waals surface area contributed by atoms with Gasteiger partial charge in [0.15, 0.2) is 11.7 Å². The number of nitrogens with zero attached hydrogens (tertiary/aromatic N) is 1. The second-order valence-electron chi connectivity index (χ2n) is 14.1. The first-order valence-corrected chi connectivity index (χ1v) is 17.2. The zero-order valence-electron chi connectivity index (χ0n) is 30.1. The Morgan fingerprint density at radius 2 is 1.85 bits per heavy atom. The van der Waals surface area contributed by atoms with Gasteiger partial charge in [-0.3, -0.25) is 9.59 Å². The monoisotopic (exact) mass is 680 g/mol. The van der Waals surface area contributed by atoms with Crippen LogP contribution in [0.1, 0.15) is 87.5 Å². The van der Waals surface area contributed by atoms with E-state index in [-0.39, 0.29) is 37.5 Å². The summed E-state index contributed by atoms with van der Waals surface area (Å²) in [6, 6.07) is 0. The molecular weight excluding hydrogens is 620 g/mol. The summed E-state index contributed by atoms with van der Waals surface area (Å²) in [5.74, 6) is -2.22. The minimum atomic E-state index is -1.33. The predicted octanol–water partition coefficient (Wildman–Crippen LogP) is 3.42. The van der Waals surface area contributed by atoms with Gasteiger partial charge in [-0.05, 0) is 64.0 Å². The molecule has 0 saturated carbocycles. The Hall–Kier alpha value is -2.77. The number of allylic oxidation sites excluding steroid dienone is 2. The molecule has 5 N–H and O–H groups in total. The van der Waals surface area contributed by atoms with Gasteiger partial charge in [-0.25, -0.2) is 4.79 Å². The number of nitrogens with one attached hydrogen (secondary N) is 1. The third kappa shape index (κ3) is 12.9. The number of hydrogen-bond donors (Lipinski definition) is 5. The molecule has 0 spiro atoms. The van der Waals surface area contributed by atoms with Crippen LogP contribution in [-0.4, -0.2) is 111 Å². The third-order valence-electron chi connectivity index (χ3n) is 9.44. The van der Waals surface area contributed by atoms with Gasteiger partial charge in [0.05, 0.1) is 30.3 Å². The lowest BCUT2D eigenvalue weighted by Crippen LogP contribution is -2.52. The molecule has 1 amide bonds. The van der Waals surface area contributed by atoms with Gasteiger partial charge in [0.2, 0.25) is 0 Å². The van der Waals surface area contributed by atoms with Gasteiger partial charge in [-0.1, -0.05) is 52.0 Å². The van der Waals surface area contributed by atoms with Crippen LogP contribution in [0.2, 0.25) is 0 Å². The van der Waals surface area contributed by atoms with E-state index in [1.807, 2.05) is 20.8 Å². The third-order valence-corrected chi connectivity index (χ3v) is 9.44. The Bertz CT molecular complexity index is 1150. The highest BCUT2D eigenvalue weighted by Gasteiger charge is 2.41. The normalized spacial score (nSPS) is 30.9. The lowest BCUT2D eigenvalue weighted by molar-refractivity contribution is -0.158. The minimum Gasteiger partial charge on any atom is -0.457 e. The van der Waals surface area contributed by atoms with E-state index in [1.165, 1.54) is 6.92 Å². The Kier molecular flexibility index (Phi) is 16.3. The van der Waals surface area contributed by atoms with Crippen LogP contribution in [0.3, 0.4) is 0 Å². The highest BCUT2D eigenvalue weighted by molar-refractivity contribution is 5.71. The average Bonchev–Trinajstić information content (AvgIpc) is 3.02. The molecule has 0 aromatic carbocycles. The Labute approximate surface area is 286 Å². The molecule has 0 aromatic heterocycles. The number of ether oxygens (including phenoxy) is 3. The van der Waals surface area contributed by atoms with Crippen molar-refractivity contribution in [3.05, 3.63) is 36.0 Å². The first-order chi connectivity index (χ1) is 22.4. The summed E-state index contributed by atoms with van der Waals surface area (Å²) < 4.78 is 17.5. The molecule has 12 heteroatoms. The SMILES string of the molecule is CC[C@H](O)[C@@H](C)[C@@H](O)[C@H](C)C[C@@](C)(O)/C=C/C=C(\C)[C@H]1OC(=O)C[C@H](O)CC[C@@](C)(OC(=O)N2CCNCC2)[C@@H](OC(C)=O)/C=C/[C@@H]1C. The van der Waals surface area contributed by atoms with Crippen LogP contribution in [0.15, 0.2) is 36.0 Å². The number of carbonyl (C=O) groups excluding carboxylic acids is 3. The molecule has 0 bridgehead atoms. The highest BCUT2D eigenvalue weighted by Crippen LogP contribution is 2.31. The van der Waals surface area contributed by atoms with Crippen LogP contribution in [0.25, 0.3) is 0 Å². The summed E-state index contributed by atoms with van der Waals surface area (Å²) in [7, 11) is 0. The van der Waals surface area contributed by atoms with Crippen LogP contribution in [0.5, 0.6) is 0 Å². The molecule has 2 aliphatic rings. The second-order valence-corrected chi connectivity index (χ2v) is 14.1. The van der Waals surface area contributed by atoms with E-state index in [0.29, 0.717) is 38.2 Å². The number of rotatable bonds is 11. The van der Waals surface area contributed by atoms with Crippen LogP contribution in [-0.2, 0) is 23.8 Å². The number of piperazine rings is 1. The molecule has 0 unspecified atom stereocenters. The molecule has 2 aliphatic heterocycles. The Morgan fingerprint density at radius 3 is 2.46 bits per heavy atom. The van der Waals surface area contributed by atoms with Crippen molar-refractivity contribution >= 4 is 18.0 Å². The Balaban J connectivity index is 2.33. The quantitative estimate of drug-likeness (QED) is 0.0936. The summed E-state index contributed by atoms with van der Waals surface area (Å²) in [4.78, 5) is 39.9. The number of hydrogen-bond acceptors (Lipinski definition) is 11. The van der Waals surface area contributed by atoms with Crippen LogP contribution in [0, 0.1) is 17.8 Å². The van der Waals surface area contributed by atoms with Crippen molar-refractivity contribution in [1.82, 2.24) is 10.2 Å². The summed E-state index contributed by atoms with van der Waals surface area (Å²) in [6.45, 7) is 15.9. The first kappa shape index (κ1) is 41.4. The predicted molar refractivity (Wildman–Crippen MR) is 182 cm³/mol. The second kappa shape index (κ2) is 18.8. The topological polar surface area (TPSA) is 175 Å². The van der Waals surface area contributed by atoms with Crippen LogP contribution in [0.4, 0.5) is 4.79 Å². The van der Waals surface area contributed by atoms with Crippen molar-refractivity contribution in [2.45, 2.75) is 129 Å². The van der Waals surface area contributed by atoms with Crippen LogP contribution < -0.4 is 5.32 Å². The van der Waals surface area contributed by atoms with E-state index in [4.69, 9.17) is 14.2 Å². The van der Waals surface area contributed by atoms with Gasteiger partial charge in [0.25, 0.3) is 0 Å². The molecule has 48 heavy (non-hydrogen) atoms. The maximum Gasteiger partial charge on any atom is 0.410 e. The Morgan fingerprint density at radius 1 is 1.21 bits per heavy atom. The maximum absolute atomic E-state index is 13.2. The lowest BCUT2D eigenvalue weighted by Gasteiger charge is -2.38. The summed E-state index contributed by atoms with van der Waals surface area (Å²) in [5.41, 5.74) is -1.94. The summed E-state index contributed by atoms with van der Waals surface area (Å²) in [5, 5.41) is 45.9. The zero-order chi connectivity index (χ0) is 36.2. The number of amides is 1. The first-order valence-electron chi connectivity index (χ1n) is 17.2. The maximum atomic E-state index is 13.2. The smallest absolute Gasteiger partial charge is 0.410 e. The molecule has 12 nitrogen and oxygen atoms in total. The van der Waals surface area contributed by atoms with E-state index in [0.717, 1.165) is 0 Å². The molecule has 1 saturated heterocycles. The fraction of sp³-hybridized carbons (Fsp3) is 0.750. The van der Waals surface area contributed by atoms with Gasteiger partial charge < -0.3 is 44.9 Å². The number of aliphatic hydroxyl groups excluding tert-OH is 3. The average molecular weight is 681 g/mol. The van der Waals surface area contributed by atoms with Crippen molar-refractivity contribution in [2.75, 3.05) is 26.2 Å². The molecule has 0 aliphatic carbocycles. The minimum absolute atomic E-state index is 0.0855. The molecule has 2 heterocycles. The summed E-state index contributed by atoms with van der Waals surface area (Å²) >= 11 is 0. The van der Waals surface area contributed by atoms with Crippen molar-refractivity contribution in [3.8, 4) is 0 Å². The van der Waals surface area contributed by atoms with Crippen LogP contribution >= 0.6 is 0 Å². The molecule has 2 rings (SSSR count). The van der Waals surface area contributed by atoms with Crippen molar-refractivity contribution < 1.29 is 49.0 Å². The van der Waals surface area contributed by atoms with Crippen molar-refractivity contribution in [3.63, 3.8) is 0 Å². The lowest BCUT2D eigenvalue weighted by atomic mass is 9.82. The molecular formula is C36H60N2O10. The fourth-order valence-electron chi connectivity index (χ4n) is 6.30. The van der Waals surface area contributed by atoms with Gasteiger partial charge in [-0.15, -0.1) is 0 Å². The summed E-state index contributed by atoms with van der Waals surface area (Å²) in [6.07, 6.45) is 4.30. The van der Waals surface area contributed by atoms with Gasteiger partial charge in [0, 0.05) is 44.9 Å². The van der Waals surface area contributed by atoms with E-state index < -0.39 is 65.7 Å². The standard InChI is InChI=1S/C36H60N2O10/c1-9-29(41)26(5)32(43)25(4)22-35(7,45)15-10-11-23(2)33-24(3)12-13-30(46-27(6)39)36(8,16-14-28(40)21-31(42)47-33)48-34(44)38-19-17-37-18-20-38/h10-13,15,24-26,28-30,32-33,37,40-41,43,45H,9,14,16-22H2,1-8H3/b13-12+,15-10+,23-11+/t24-,25+,26+,28+,29-,30-,32-,33+,35-,36+/m0/s1. The van der Waals surface area contributed by atoms with Crippen molar-refractivity contribution in [1.29, 1.82) is 0 Å². The van der Waals surface area contributed by atoms with E-state index in [1.54, 1.807) is 63.0 Å². The van der Waals surface area contributed by atoms with Gasteiger partial charge >= 0.3 is 18.0 Å². The van der Waals surface area contributed by atoms with E-state index in [2.05, 4.69) is 5.32 Å². The van der Waals surface area contributed by atoms with E-state index in [9.17, 15) is 34.8 Å². The number of esters is 2. The highest BCUT2D eigenvalue weighted by atomic mass is 16.6. The van der Waals surface area contributed by atoms with E-state index >= 15 is 0 Å². The molecule has 0 radical (unpaired) electrons. The molecule has 0 aromatic rings. The van der Waals surface area contributed by atoms with Gasteiger partial charge in [-0.2, -0.15) is 0 Å². The van der Waals surface area contributed by atoms with Crippen molar-refractivity contribution in [2.24, 2.45) is 17.8 Å². The largest absolute Gasteiger partial charge is 0.457 e. The molecule has 1 fully saturated rings. The fourth-order valence-corrected chi connectivity index (χ4v) is 6.30. The number of cyclic esters (lactones) is 1. The zero-order valence-corrected chi connectivity index (χ0v) is 30.1.